The number of aliphatic carboxylic acids is 1. The van der Waals surface area contributed by atoms with E-state index in [1.807, 2.05) is 12.3 Å². The van der Waals surface area contributed by atoms with Crippen LogP contribution in [0.5, 0.6) is 0 Å². The van der Waals surface area contributed by atoms with E-state index in [9.17, 15) is 14.7 Å². The molecule has 0 unspecified atom stereocenters. The number of thiazole rings is 1. The summed E-state index contributed by atoms with van der Waals surface area (Å²) < 4.78 is 0. The third kappa shape index (κ3) is 2.87. The Morgan fingerprint density at radius 1 is 1.39 bits per heavy atom. The van der Waals surface area contributed by atoms with Crippen molar-refractivity contribution < 1.29 is 14.7 Å². The molecule has 1 N–H and O–H groups in total. The van der Waals surface area contributed by atoms with E-state index in [1.165, 1.54) is 11.3 Å². The molecular formula is C12H15N2O3S-. The predicted octanol–water partition coefficient (Wildman–Crippen LogP) is 0.946. The third-order valence-electron chi connectivity index (χ3n) is 3.25. The highest BCUT2D eigenvalue weighted by Gasteiger charge is 2.32. The van der Waals surface area contributed by atoms with Crippen LogP contribution < -0.4 is 10.4 Å². The lowest BCUT2D eigenvalue weighted by atomic mass is 9.79. The van der Waals surface area contributed by atoms with E-state index in [1.54, 1.807) is 0 Å². The minimum absolute atomic E-state index is 0.252. The van der Waals surface area contributed by atoms with Crippen molar-refractivity contribution in [2.24, 2.45) is 11.8 Å². The maximum atomic E-state index is 12.1. The Kier molecular flexibility index (Phi) is 3.96. The SMILES string of the molecule is Cc1csc(NC(=O)[C@@H]2CCCC[C@@H]2C(=O)[O-])n1. The lowest BCUT2D eigenvalue weighted by Gasteiger charge is -2.30. The molecule has 0 spiro atoms. The van der Waals surface area contributed by atoms with Gasteiger partial charge in [-0.05, 0) is 19.8 Å². The molecule has 0 radical (unpaired) electrons. The molecule has 1 fully saturated rings. The minimum atomic E-state index is -1.12. The number of rotatable bonds is 3. The summed E-state index contributed by atoms with van der Waals surface area (Å²) in [5.74, 6) is -2.53. The van der Waals surface area contributed by atoms with Gasteiger partial charge in [-0.3, -0.25) is 4.79 Å². The van der Waals surface area contributed by atoms with Crippen LogP contribution in [0, 0.1) is 18.8 Å². The van der Waals surface area contributed by atoms with E-state index in [0.29, 0.717) is 18.0 Å². The molecule has 1 aromatic heterocycles. The number of carboxylic acids is 1. The molecule has 1 amide bonds. The Bertz CT molecular complexity index is 458. The smallest absolute Gasteiger partial charge is 0.229 e. The Labute approximate surface area is 109 Å². The fraction of sp³-hybridized carbons (Fsp3) is 0.583. The highest BCUT2D eigenvalue weighted by molar-refractivity contribution is 7.13. The van der Waals surface area contributed by atoms with Crippen molar-refractivity contribution in [3.8, 4) is 0 Å². The van der Waals surface area contributed by atoms with E-state index < -0.39 is 17.8 Å². The number of amides is 1. The summed E-state index contributed by atoms with van der Waals surface area (Å²) in [6.45, 7) is 1.84. The number of carboxylic acid groups (broad SMARTS) is 1. The number of nitrogens with one attached hydrogen (secondary N) is 1. The van der Waals surface area contributed by atoms with E-state index in [-0.39, 0.29) is 5.91 Å². The van der Waals surface area contributed by atoms with Crippen LogP contribution in [-0.2, 0) is 9.59 Å². The van der Waals surface area contributed by atoms with Gasteiger partial charge in [0.15, 0.2) is 5.13 Å². The Morgan fingerprint density at radius 3 is 2.61 bits per heavy atom. The lowest BCUT2D eigenvalue weighted by Crippen LogP contribution is -2.42. The summed E-state index contributed by atoms with van der Waals surface area (Å²) in [6, 6.07) is 0. The molecule has 0 aliphatic heterocycles. The van der Waals surface area contributed by atoms with Crippen molar-refractivity contribution in [1.29, 1.82) is 0 Å². The fourth-order valence-corrected chi connectivity index (χ4v) is 3.03. The molecule has 2 atom stereocenters. The van der Waals surface area contributed by atoms with Crippen LogP contribution in [0.15, 0.2) is 5.38 Å². The monoisotopic (exact) mass is 267 g/mol. The first-order valence-corrected chi connectivity index (χ1v) is 6.89. The maximum Gasteiger partial charge on any atom is 0.229 e. The molecule has 0 bridgehead atoms. The van der Waals surface area contributed by atoms with Crippen LogP contribution in [0.2, 0.25) is 0 Å². The minimum Gasteiger partial charge on any atom is -0.550 e. The number of anilines is 1. The van der Waals surface area contributed by atoms with Crippen LogP contribution in [0.1, 0.15) is 31.4 Å². The lowest BCUT2D eigenvalue weighted by molar-refractivity contribution is -0.313. The van der Waals surface area contributed by atoms with Gasteiger partial charge in [-0.1, -0.05) is 12.8 Å². The van der Waals surface area contributed by atoms with Gasteiger partial charge in [0.05, 0.1) is 5.69 Å². The van der Waals surface area contributed by atoms with Crippen molar-refractivity contribution >= 4 is 28.3 Å². The molecule has 1 aromatic rings. The van der Waals surface area contributed by atoms with Crippen molar-refractivity contribution in [2.75, 3.05) is 5.32 Å². The molecular weight excluding hydrogens is 252 g/mol. The van der Waals surface area contributed by atoms with E-state index >= 15 is 0 Å². The summed E-state index contributed by atoms with van der Waals surface area (Å²) in [4.78, 5) is 27.2. The van der Waals surface area contributed by atoms with Gasteiger partial charge in [-0.15, -0.1) is 11.3 Å². The van der Waals surface area contributed by atoms with E-state index in [0.717, 1.165) is 18.5 Å². The summed E-state index contributed by atoms with van der Waals surface area (Å²) in [7, 11) is 0. The second kappa shape index (κ2) is 5.48. The van der Waals surface area contributed by atoms with E-state index in [4.69, 9.17) is 0 Å². The Balaban J connectivity index is 2.04. The molecule has 2 rings (SSSR count). The van der Waals surface area contributed by atoms with Gasteiger partial charge >= 0.3 is 0 Å². The van der Waals surface area contributed by atoms with Crippen molar-refractivity contribution in [2.45, 2.75) is 32.6 Å². The predicted molar refractivity (Wildman–Crippen MR) is 65.9 cm³/mol. The molecule has 1 aliphatic carbocycles. The first-order valence-electron chi connectivity index (χ1n) is 6.02. The van der Waals surface area contributed by atoms with Crippen LogP contribution in [0.3, 0.4) is 0 Å². The number of hydrogen-bond donors (Lipinski definition) is 1. The molecule has 0 aromatic carbocycles. The highest BCUT2D eigenvalue weighted by Crippen LogP contribution is 2.31. The second-order valence-electron chi connectivity index (χ2n) is 4.60. The molecule has 5 nitrogen and oxygen atoms in total. The van der Waals surface area contributed by atoms with Gasteiger partial charge in [-0.25, -0.2) is 4.98 Å². The largest absolute Gasteiger partial charge is 0.550 e. The molecule has 98 valence electrons. The van der Waals surface area contributed by atoms with E-state index in [2.05, 4.69) is 10.3 Å². The van der Waals surface area contributed by atoms with Crippen molar-refractivity contribution in [1.82, 2.24) is 4.98 Å². The molecule has 0 saturated heterocycles. The fourth-order valence-electron chi connectivity index (χ4n) is 2.34. The number of carbonyl (C=O) groups excluding carboxylic acids is 2. The topological polar surface area (TPSA) is 82.1 Å². The second-order valence-corrected chi connectivity index (χ2v) is 5.46. The summed E-state index contributed by atoms with van der Waals surface area (Å²) in [5, 5.41) is 16.1. The number of aromatic nitrogens is 1. The van der Waals surface area contributed by atoms with Gasteiger partial charge in [0.1, 0.15) is 0 Å². The zero-order valence-corrected chi connectivity index (χ0v) is 11.0. The Morgan fingerprint density at radius 2 is 2.06 bits per heavy atom. The van der Waals surface area contributed by atoms with Crippen LogP contribution in [0.25, 0.3) is 0 Å². The molecule has 18 heavy (non-hydrogen) atoms. The van der Waals surface area contributed by atoms with Crippen LogP contribution >= 0.6 is 11.3 Å². The van der Waals surface area contributed by atoms with Gasteiger partial charge in [-0.2, -0.15) is 0 Å². The number of carbonyl (C=O) groups is 2. The summed E-state index contributed by atoms with van der Waals surface area (Å²) in [6.07, 6.45) is 2.86. The summed E-state index contributed by atoms with van der Waals surface area (Å²) >= 11 is 1.35. The normalized spacial score (nSPS) is 23.6. The van der Waals surface area contributed by atoms with Gasteiger partial charge < -0.3 is 15.2 Å². The zero-order valence-electron chi connectivity index (χ0n) is 10.1. The van der Waals surface area contributed by atoms with Crippen molar-refractivity contribution in [3.05, 3.63) is 11.1 Å². The third-order valence-corrected chi connectivity index (χ3v) is 4.13. The first-order chi connectivity index (χ1) is 8.58. The first kappa shape index (κ1) is 13.0. The quantitative estimate of drug-likeness (QED) is 0.883. The van der Waals surface area contributed by atoms with Gasteiger partial charge in [0.2, 0.25) is 5.91 Å². The highest BCUT2D eigenvalue weighted by atomic mass is 32.1. The number of nitrogens with zero attached hydrogens (tertiary/aromatic N) is 1. The molecule has 1 aliphatic rings. The van der Waals surface area contributed by atoms with Crippen molar-refractivity contribution in [3.63, 3.8) is 0 Å². The molecule has 1 saturated carbocycles. The summed E-state index contributed by atoms with van der Waals surface area (Å²) in [5.41, 5.74) is 0.843. The molecule has 1 heterocycles. The average molecular weight is 267 g/mol. The average Bonchev–Trinajstić information content (AvgIpc) is 2.74. The standard InChI is InChI=1S/C12H16N2O3S/c1-7-6-18-12(13-7)14-10(15)8-4-2-3-5-9(8)11(16)17/h6,8-9H,2-5H2,1H3,(H,16,17)(H,13,14,15)/p-1/t8-,9+/m1/s1. The van der Waals surface area contributed by atoms with Gasteiger partial charge in [0, 0.05) is 23.2 Å². The maximum absolute atomic E-state index is 12.1. The van der Waals surface area contributed by atoms with Gasteiger partial charge in [0.25, 0.3) is 0 Å². The zero-order chi connectivity index (χ0) is 13.1. The molecule has 6 heteroatoms. The number of aryl methyl sites for hydroxylation is 1. The van der Waals surface area contributed by atoms with Crippen LogP contribution in [0.4, 0.5) is 5.13 Å². The number of hydrogen-bond acceptors (Lipinski definition) is 5. The Hall–Kier alpha value is -1.43. The van der Waals surface area contributed by atoms with Crippen LogP contribution in [-0.4, -0.2) is 16.9 Å².